The Hall–Kier alpha value is -2.15. The average molecular weight is 347 g/mol. The van der Waals surface area contributed by atoms with Crippen molar-refractivity contribution in [2.75, 3.05) is 12.3 Å². The van der Waals surface area contributed by atoms with Gasteiger partial charge in [0.1, 0.15) is 11.1 Å². The second-order valence-electron chi connectivity index (χ2n) is 5.98. The first-order valence-corrected chi connectivity index (χ1v) is 9.77. The van der Waals surface area contributed by atoms with Crippen LogP contribution in [0.3, 0.4) is 0 Å². The number of rotatable bonds is 4. The molecule has 3 rings (SSSR count). The summed E-state index contributed by atoms with van der Waals surface area (Å²) in [6, 6.07) is 9.79. The molecule has 7 heteroatoms. The molecule has 0 aliphatic carbocycles. The van der Waals surface area contributed by atoms with Gasteiger partial charge < -0.3 is 9.88 Å². The molecule has 1 aliphatic rings. The SMILES string of the molecule is CCS(=O)(=O)[C@H](C)C(=O)N1CCc2nc(-c3ccccc3)[nH]c2C1. The maximum Gasteiger partial charge on any atom is 0.240 e. The second kappa shape index (κ2) is 6.39. The fourth-order valence-electron chi connectivity index (χ4n) is 2.88. The third-order valence-electron chi connectivity index (χ3n) is 4.48. The molecule has 0 fully saturated rings. The molecule has 2 aromatic rings. The maximum atomic E-state index is 12.5. The molecule has 0 saturated carbocycles. The van der Waals surface area contributed by atoms with Crippen LogP contribution in [0.25, 0.3) is 11.4 Å². The van der Waals surface area contributed by atoms with Crippen molar-refractivity contribution in [1.29, 1.82) is 0 Å². The lowest BCUT2D eigenvalue weighted by atomic mass is 10.1. The highest BCUT2D eigenvalue weighted by atomic mass is 32.2. The van der Waals surface area contributed by atoms with E-state index >= 15 is 0 Å². The van der Waals surface area contributed by atoms with E-state index in [2.05, 4.69) is 9.97 Å². The van der Waals surface area contributed by atoms with Gasteiger partial charge in [-0.2, -0.15) is 0 Å². The summed E-state index contributed by atoms with van der Waals surface area (Å²) in [7, 11) is -3.38. The predicted molar refractivity (Wildman–Crippen MR) is 92.1 cm³/mol. The number of aromatic nitrogens is 2. The van der Waals surface area contributed by atoms with E-state index in [4.69, 9.17) is 0 Å². The summed E-state index contributed by atoms with van der Waals surface area (Å²) < 4.78 is 23.9. The number of hydrogen-bond acceptors (Lipinski definition) is 4. The lowest BCUT2D eigenvalue weighted by Crippen LogP contribution is -2.44. The summed E-state index contributed by atoms with van der Waals surface area (Å²) >= 11 is 0. The number of carbonyl (C=O) groups excluding carboxylic acids is 1. The van der Waals surface area contributed by atoms with E-state index in [0.717, 1.165) is 22.8 Å². The number of benzene rings is 1. The normalized spacial score (nSPS) is 15.8. The standard InChI is InChI=1S/C17H21N3O3S/c1-3-24(22,23)12(2)17(21)20-10-9-14-15(11-20)19-16(18-14)13-7-5-4-6-8-13/h4-8,12H,3,9-11H2,1-2H3,(H,18,19)/t12-/m1/s1. The lowest BCUT2D eigenvalue weighted by molar-refractivity contribution is -0.131. The fraction of sp³-hybridized carbons (Fsp3) is 0.412. The van der Waals surface area contributed by atoms with E-state index < -0.39 is 15.1 Å². The quantitative estimate of drug-likeness (QED) is 0.914. The summed E-state index contributed by atoms with van der Waals surface area (Å²) in [6.45, 7) is 3.90. The molecule has 1 aromatic heterocycles. The monoisotopic (exact) mass is 347 g/mol. The Labute approximate surface area is 141 Å². The number of carbonyl (C=O) groups is 1. The summed E-state index contributed by atoms with van der Waals surface area (Å²) in [5.74, 6) is 0.420. The lowest BCUT2D eigenvalue weighted by Gasteiger charge is -2.28. The predicted octanol–water partition coefficient (Wildman–Crippen LogP) is 1.78. The number of H-pyrrole nitrogens is 1. The molecule has 24 heavy (non-hydrogen) atoms. The highest BCUT2D eigenvalue weighted by molar-refractivity contribution is 7.92. The van der Waals surface area contributed by atoms with Gasteiger partial charge in [0.15, 0.2) is 9.84 Å². The average Bonchev–Trinajstić information content (AvgIpc) is 3.04. The van der Waals surface area contributed by atoms with Crippen molar-refractivity contribution >= 4 is 15.7 Å². The third-order valence-corrected chi connectivity index (χ3v) is 6.56. The van der Waals surface area contributed by atoms with Crippen molar-refractivity contribution in [3.63, 3.8) is 0 Å². The molecule has 0 bridgehead atoms. The van der Waals surface area contributed by atoms with Gasteiger partial charge in [0, 0.05) is 24.3 Å². The van der Waals surface area contributed by atoms with Crippen LogP contribution in [-0.2, 0) is 27.6 Å². The van der Waals surface area contributed by atoms with Crippen LogP contribution in [0.5, 0.6) is 0 Å². The first-order chi connectivity index (χ1) is 11.4. The van der Waals surface area contributed by atoms with Crippen molar-refractivity contribution < 1.29 is 13.2 Å². The zero-order valence-electron chi connectivity index (χ0n) is 13.8. The molecule has 2 heterocycles. The van der Waals surface area contributed by atoms with E-state index in [1.54, 1.807) is 11.8 Å². The summed E-state index contributed by atoms with van der Waals surface area (Å²) in [4.78, 5) is 22.0. The van der Waals surface area contributed by atoms with E-state index in [-0.39, 0.29) is 11.7 Å². The summed E-state index contributed by atoms with van der Waals surface area (Å²) in [5, 5.41) is -0.999. The maximum absolute atomic E-state index is 12.5. The van der Waals surface area contributed by atoms with E-state index in [1.165, 1.54) is 6.92 Å². The molecule has 0 unspecified atom stereocenters. The van der Waals surface area contributed by atoms with E-state index in [9.17, 15) is 13.2 Å². The van der Waals surface area contributed by atoms with Gasteiger partial charge >= 0.3 is 0 Å². The van der Waals surface area contributed by atoms with Crippen molar-refractivity contribution in [2.24, 2.45) is 0 Å². The number of amides is 1. The van der Waals surface area contributed by atoms with Crippen molar-refractivity contribution in [2.45, 2.75) is 32.1 Å². The van der Waals surface area contributed by atoms with Gasteiger partial charge in [0.25, 0.3) is 0 Å². The van der Waals surface area contributed by atoms with Crippen LogP contribution in [0.2, 0.25) is 0 Å². The van der Waals surface area contributed by atoms with Gasteiger partial charge in [-0.3, -0.25) is 4.79 Å². The molecule has 6 nitrogen and oxygen atoms in total. The minimum atomic E-state index is -3.38. The number of nitrogens with one attached hydrogen (secondary N) is 1. The van der Waals surface area contributed by atoms with Gasteiger partial charge in [-0.1, -0.05) is 37.3 Å². The Morgan fingerprint density at radius 1 is 1.33 bits per heavy atom. The molecule has 1 amide bonds. The Morgan fingerprint density at radius 2 is 2.04 bits per heavy atom. The molecule has 0 spiro atoms. The number of hydrogen-bond donors (Lipinski definition) is 1. The van der Waals surface area contributed by atoms with Gasteiger partial charge in [-0.15, -0.1) is 0 Å². The highest BCUT2D eigenvalue weighted by Crippen LogP contribution is 2.23. The molecular weight excluding hydrogens is 326 g/mol. The van der Waals surface area contributed by atoms with Crippen LogP contribution in [0, 0.1) is 0 Å². The first-order valence-electron chi connectivity index (χ1n) is 8.06. The minimum Gasteiger partial charge on any atom is -0.340 e. The molecular formula is C17H21N3O3S. The van der Waals surface area contributed by atoms with Crippen LogP contribution in [0.15, 0.2) is 30.3 Å². The van der Waals surface area contributed by atoms with Crippen LogP contribution in [0.4, 0.5) is 0 Å². The summed E-state index contributed by atoms with van der Waals surface area (Å²) in [6.07, 6.45) is 0.628. The van der Waals surface area contributed by atoms with Gasteiger partial charge in [-0.25, -0.2) is 13.4 Å². The Bertz CT molecular complexity index is 843. The Balaban J connectivity index is 1.80. The Morgan fingerprint density at radius 3 is 2.71 bits per heavy atom. The molecule has 1 aromatic carbocycles. The van der Waals surface area contributed by atoms with Crippen molar-refractivity contribution in [3.05, 3.63) is 41.7 Å². The van der Waals surface area contributed by atoms with Crippen LogP contribution < -0.4 is 0 Å². The number of aromatic amines is 1. The number of imidazole rings is 1. The number of nitrogens with zero attached hydrogens (tertiary/aromatic N) is 2. The van der Waals surface area contributed by atoms with E-state index in [1.807, 2.05) is 30.3 Å². The number of sulfone groups is 1. The minimum absolute atomic E-state index is 0.0266. The zero-order valence-corrected chi connectivity index (χ0v) is 14.6. The van der Waals surface area contributed by atoms with Crippen molar-refractivity contribution in [3.8, 4) is 11.4 Å². The molecule has 0 radical (unpaired) electrons. The second-order valence-corrected chi connectivity index (χ2v) is 8.59. The van der Waals surface area contributed by atoms with E-state index in [0.29, 0.717) is 19.5 Å². The topological polar surface area (TPSA) is 83.1 Å². The molecule has 1 atom stereocenters. The molecule has 1 N–H and O–H groups in total. The summed E-state index contributed by atoms with van der Waals surface area (Å²) in [5.41, 5.74) is 2.82. The highest BCUT2D eigenvalue weighted by Gasteiger charge is 2.32. The smallest absolute Gasteiger partial charge is 0.240 e. The third kappa shape index (κ3) is 3.08. The van der Waals surface area contributed by atoms with Crippen LogP contribution in [0.1, 0.15) is 25.2 Å². The molecule has 0 saturated heterocycles. The van der Waals surface area contributed by atoms with Gasteiger partial charge in [-0.05, 0) is 6.92 Å². The van der Waals surface area contributed by atoms with Crippen LogP contribution in [-0.4, -0.2) is 46.7 Å². The molecule has 128 valence electrons. The van der Waals surface area contributed by atoms with Gasteiger partial charge in [0.05, 0.1) is 17.9 Å². The van der Waals surface area contributed by atoms with Gasteiger partial charge in [0.2, 0.25) is 5.91 Å². The zero-order chi connectivity index (χ0) is 17.3. The molecule has 1 aliphatic heterocycles. The van der Waals surface area contributed by atoms with Crippen molar-refractivity contribution in [1.82, 2.24) is 14.9 Å². The first kappa shape index (κ1) is 16.7. The Kier molecular flexibility index (Phi) is 4.45. The fourth-order valence-corrected chi connectivity index (χ4v) is 3.83. The number of fused-ring (bicyclic) bond motifs is 1. The largest absolute Gasteiger partial charge is 0.340 e. The van der Waals surface area contributed by atoms with Crippen LogP contribution >= 0.6 is 0 Å².